The molecule has 6 rings (SSSR count). The number of nitrogens with zero attached hydrogens (tertiary/aromatic N) is 5. The third-order valence-electron chi connectivity index (χ3n) is 6.69. The highest BCUT2D eigenvalue weighted by Crippen LogP contribution is 2.34. The van der Waals surface area contributed by atoms with Crippen molar-refractivity contribution in [2.24, 2.45) is 4.99 Å². The normalized spacial score (nSPS) is 12.4. The maximum atomic E-state index is 9.45. The Bertz CT molecular complexity index is 1980. The summed E-state index contributed by atoms with van der Waals surface area (Å²) in [5.41, 5.74) is 5.35. The van der Waals surface area contributed by atoms with Crippen LogP contribution in [0.3, 0.4) is 0 Å². The Morgan fingerprint density at radius 3 is 1.67 bits per heavy atom. The molecule has 0 bridgehead atoms. The van der Waals surface area contributed by atoms with Crippen molar-refractivity contribution in [2.45, 2.75) is 13.8 Å². The van der Waals surface area contributed by atoms with Gasteiger partial charge in [-0.3, -0.25) is 9.13 Å². The number of aromatic nitrogens is 2. The van der Waals surface area contributed by atoms with Gasteiger partial charge >= 0.3 is 0 Å². The van der Waals surface area contributed by atoms with Gasteiger partial charge in [-0.1, -0.05) is 36.4 Å². The van der Waals surface area contributed by atoms with Gasteiger partial charge in [0.2, 0.25) is 0 Å². The number of nitriles is 2. The van der Waals surface area contributed by atoms with Crippen molar-refractivity contribution < 1.29 is 0 Å². The van der Waals surface area contributed by atoms with Gasteiger partial charge in [0.1, 0.15) is 11.7 Å². The van der Waals surface area contributed by atoms with E-state index in [1.807, 2.05) is 80.6 Å². The fraction of sp³-hybridized carbons (Fsp3) is 0.0645. The Morgan fingerprint density at radius 1 is 0.667 bits per heavy atom. The van der Waals surface area contributed by atoms with Crippen LogP contribution >= 0.6 is 0 Å². The maximum absolute atomic E-state index is 9.45. The SMILES string of the molecule is C/C=C(\N=C(C)n1c2ccccc2c2cc(C#N)ccc21)n1c2ccccc2c2cc(C#N)ccc21. The number of fused-ring (bicyclic) bond motifs is 6. The summed E-state index contributed by atoms with van der Waals surface area (Å²) in [7, 11) is 0. The van der Waals surface area contributed by atoms with Crippen LogP contribution in [0, 0.1) is 22.7 Å². The lowest BCUT2D eigenvalue weighted by molar-refractivity contribution is 1.14. The molecule has 0 aliphatic carbocycles. The molecule has 4 aromatic carbocycles. The Morgan fingerprint density at radius 2 is 1.14 bits per heavy atom. The lowest BCUT2D eigenvalue weighted by atomic mass is 10.1. The smallest absolute Gasteiger partial charge is 0.135 e. The minimum absolute atomic E-state index is 0.633. The Balaban J connectivity index is 1.61. The van der Waals surface area contributed by atoms with E-state index >= 15 is 0 Å². The molecule has 0 radical (unpaired) electrons. The van der Waals surface area contributed by atoms with Gasteiger partial charge in [0.15, 0.2) is 0 Å². The van der Waals surface area contributed by atoms with Crippen LogP contribution in [0.1, 0.15) is 25.0 Å². The number of hydrogen-bond acceptors (Lipinski definition) is 3. The molecule has 0 aliphatic heterocycles. The molecule has 0 aliphatic rings. The minimum Gasteiger partial charge on any atom is -0.297 e. The van der Waals surface area contributed by atoms with E-state index in [-0.39, 0.29) is 0 Å². The van der Waals surface area contributed by atoms with E-state index in [1.165, 1.54) is 0 Å². The van der Waals surface area contributed by atoms with Gasteiger partial charge < -0.3 is 0 Å². The summed E-state index contributed by atoms with van der Waals surface area (Å²) in [6, 6.07) is 32.5. The quantitative estimate of drug-likeness (QED) is 0.198. The van der Waals surface area contributed by atoms with Crippen LogP contribution in [0.2, 0.25) is 0 Å². The first-order valence-electron chi connectivity index (χ1n) is 11.7. The number of rotatable bonds is 2. The maximum Gasteiger partial charge on any atom is 0.135 e. The molecule has 0 unspecified atom stereocenters. The zero-order valence-corrected chi connectivity index (χ0v) is 19.9. The fourth-order valence-electron chi connectivity index (χ4n) is 5.14. The first-order chi connectivity index (χ1) is 17.6. The van der Waals surface area contributed by atoms with Crippen molar-refractivity contribution in [3.63, 3.8) is 0 Å². The Labute approximate surface area is 208 Å². The second-order valence-electron chi connectivity index (χ2n) is 8.70. The molecular weight excluding hydrogens is 442 g/mol. The number of benzene rings is 4. The number of aliphatic imine (C=N–C) groups is 1. The fourth-order valence-corrected chi connectivity index (χ4v) is 5.14. The molecule has 0 saturated carbocycles. The van der Waals surface area contributed by atoms with Crippen molar-refractivity contribution >= 4 is 55.3 Å². The monoisotopic (exact) mass is 463 g/mol. The molecule has 0 fully saturated rings. The zero-order valence-electron chi connectivity index (χ0n) is 19.9. The molecule has 0 atom stereocenters. The molecule has 5 nitrogen and oxygen atoms in total. The van der Waals surface area contributed by atoms with Crippen LogP contribution in [0.25, 0.3) is 49.4 Å². The molecular formula is C31H21N5. The summed E-state index contributed by atoms with van der Waals surface area (Å²) >= 11 is 0. The lowest BCUT2D eigenvalue weighted by Gasteiger charge is -2.12. The molecule has 0 saturated heterocycles. The first kappa shape index (κ1) is 21.4. The van der Waals surface area contributed by atoms with Crippen LogP contribution in [0.4, 0.5) is 0 Å². The minimum atomic E-state index is 0.633. The van der Waals surface area contributed by atoms with Crippen LogP contribution in [0.5, 0.6) is 0 Å². The number of hydrogen-bond donors (Lipinski definition) is 0. The topological polar surface area (TPSA) is 69.8 Å². The number of para-hydroxylation sites is 2. The first-order valence-corrected chi connectivity index (χ1v) is 11.7. The summed E-state index contributed by atoms with van der Waals surface area (Å²) in [6.07, 6.45) is 2.01. The largest absolute Gasteiger partial charge is 0.297 e. The summed E-state index contributed by atoms with van der Waals surface area (Å²) in [5, 5.41) is 23.1. The van der Waals surface area contributed by atoms with Gasteiger partial charge in [-0.2, -0.15) is 10.5 Å². The summed E-state index contributed by atoms with van der Waals surface area (Å²) in [4.78, 5) is 5.14. The Kier molecular flexibility index (Phi) is 4.92. The van der Waals surface area contributed by atoms with E-state index in [0.29, 0.717) is 11.1 Å². The highest BCUT2D eigenvalue weighted by molar-refractivity contribution is 6.15. The average Bonchev–Trinajstić information content (AvgIpc) is 3.43. The lowest BCUT2D eigenvalue weighted by Crippen LogP contribution is -2.09. The highest BCUT2D eigenvalue weighted by Gasteiger charge is 2.16. The van der Waals surface area contributed by atoms with Crippen molar-refractivity contribution in [1.82, 2.24) is 9.13 Å². The predicted molar refractivity (Wildman–Crippen MR) is 147 cm³/mol. The van der Waals surface area contributed by atoms with E-state index in [2.05, 4.69) is 45.5 Å². The second kappa shape index (κ2) is 8.27. The van der Waals surface area contributed by atoms with Gasteiger partial charge in [-0.15, -0.1) is 0 Å². The van der Waals surface area contributed by atoms with Crippen LogP contribution < -0.4 is 0 Å². The van der Waals surface area contributed by atoms with E-state index in [0.717, 1.165) is 55.3 Å². The van der Waals surface area contributed by atoms with Crippen LogP contribution in [-0.2, 0) is 0 Å². The van der Waals surface area contributed by atoms with E-state index in [1.54, 1.807) is 0 Å². The molecule has 0 amide bonds. The van der Waals surface area contributed by atoms with Gasteiger partial charge in [0.25, 0.3) is 0 Å². The standard InChI is InChI=1S/C31H21N5/c1-3-31(36-28-11-7-5-9-24(28)26-17-22(19-33)13-15-30(26)36)34-20(2)35-27-10-6-4-8-23(27)25-16-21(18-32)12-14-29(25)35/h3-17H,1-2H3/b31-3+,34-20?. The van der Waals surface area contributed by atoms with Crippen molar-refractivity contribution in [2.75, 3.05) is 0 Å². The van der Waals surface area contributed by atoms with Gasteiger partial charge in [0, 0.05) is 21.5 Å². The van der Waals surface area contributed by atoms with Gasteiger partial charge in [0.05, 0.1) is 45.3 Å². The number of allylic oxidation sites excluding steroid dienone is 1. The summed E-state index contributed by atoms with van der Waals surface area (Å²) in [6.45, 7) is 4.00. The molecule has 0 spiro atoms. The van der Waals surface area contributed by atoms with Crippen LogP contribution in [-0.4, -0.2) is 15.0 Å². The highest BCUT2D eigenvalue weighted by atomic mass is 15.2. The predicted octanol–water partition coefficient (Wildman–Crippen LogP) is 7.43. The van der Waals surface area contributed by atoms with Gasteiger partial charge in [-0.25, -0.2) is 4.99 Å². The van der Waals surface area contributed by atoms with Crippen molar-refractivity contribution in [3.05, 3.63) is 102 Å². The Hall–Kier alpha value is -5.13. The third kappa shape index (κ3) is 3.11. The molecule has 36 heavy (non-hydrogen) atoms. The third-order valence-corrected chi connectivity index (χ3v) is 6.69. The van der Waals surface area contributed by atoms with E-state index in [9.17, 15) is 10.5 Å². The van der Waals surface area contributed by atoms with Crippen molar-refractivity contribution in [1.29, 1.82) is 10.5 Å². The summed E-state index contributed by atoms with van der Waals surface area (Å²) in [5.74, 6) is 1.61. The van der Waals surface area contributed by atoms with E-state index < -0.39 is 0 Å². The van der Waals surface area contributed by atoms with E-state index in [4.69, 9.17) is 4.99 Å². The molecule has 2 heterocycles. The van der Waals surface area contributed by atoms with Crippen LogP contribution in [0.15, 0.2) is 96.0 Å². The molecule has 170 valence electrons. The van der Waals surface area contributed by atoms with Crippen molar-refractivity contribution in [3.8, 4) is 12.1 Å². The molecule has 2 aromatic heterocycles. The zero-order chi connectivity index (χ0) is 24.8. The summed E-state index contributed by atoms with van der Waals surface area (Å²) < 4.78 is 4.30. The molecule has 6 aromatic rings. The second-order valence-corrected chi connectivity index (χ2v) is 8.70. The molecule has 0 N–H and O–H groups in total. The van der Waals surface area contributed by atoms with Gasteiger partial charge in [-0.05, 0) is 68.5 Å². The average molecular weight is 464 g/mol. The molecule has 5 heteroatoms.